The molecule has 198 valence electrons. The van der Waals surface area contributed by atoms with Crippen LogP contribution in [0.1, 0.15) is 29.7 Å². The van der Waals surface area contributed by atoms with Gasteiger partial charge in [-0.1, -0.05) is 30.0 Å². The molecule has 0 amide bonds. The van der Waals surface area contributed by atoms with Gasteiger partial charge in [0.15, 0.2) is 11.0 Å². The topological polar surface area (TPSA) is 46.8 Å². The number of hydrogen-bond acceptors (Lipinski definition) is 5. The summed E-state index contributed by atoms with van der Waals surface area (Å²) in [5, 5.41) is 10.3. The van der Waals surface area contributed by atoms with Crippen LogP contribution in [0.25, 0.3) is 22.3 Å². The maximum Gasteiger partial charge on any atom is 0.416 e. The van der Waals surface area contributed by atoms with E-state index in [0.29, 0.717) is 22.6 Å². The Morgan fingerprint density at radius 2 is 1.84 bits per heavy atom. The first-order chi connectivity index (χ1) is 18.2. The van der Waals surface area contributed by atoms with Crippen molar-refractivity contribution in [1.82, 2.24) is 24.6 Å². The molecule has 2 aromatic heterocycles. The number of likely N-dealkylation sites (tertiary alicyclic amines) is 1. The minimum atomic E-state index is -4.30. The molecule has 3 heterocycles. The molecule has 5 nitrogen and oxygen atoms in total. The van der Waals surface area contributed by atoms with Crippen LogP contribution in [0.4, 0.5) is 17.6 Å². The number of fused-ring (bicyclic) bond motifs is 2. The summed E-state index contributed by atoms with van der Waals surface area (Å²) in [4.78, 5) is 6.78. The fraction of sp³-hybridized carbons (Fsp3) is 0.393. The van der Waals surface area contributed by atoms with Gasteiger partial charge in [-0.2, -0.15) is 13.2 Å². The second-order valence-electron chi connectivity index (χ2n) is 10.4. The van der Waals surface area contributed by atoms with E-state index in [1.807, 2.05) is 30.7 Å². The van der Waals surface area contributed by atoms with Crippen LogP contribution >= 0.6 is 11.8 Å². The molecule has 2 aliphatic rings. The van der Waals surface area contributed by atoms with Crippen LogP contribution in [0.3, 0.4) is 0 Å². The zero-order valence-electron chi connectivity index (χ0n) is 21.1. The Labute approximate surface area is 222 Å². The molecule has 10 heteroatoms. The summed E-state index contributed by atoms with van der Waals surface area (Å²) in [5.41, 5.74) is 2.33. The monoisotopic (exact) mass is 541 g/mol. The van der Waals surface area contributed by atoms with E-state index in [1.165, 1.54) is 18.2 Å². The van der Waals surface area contributed by atoms with Gasteiger partial charge in [-0.15, -0.1) is 10.2 Å². The Morgan fingerprint density at radius 3 is 2.61 bits per heavy atom. The third-order valence-corrected chi connectivity index (χ3v) is 8.98. The van der Waals surface area contributed by atoms with Crippen molar-refractivity contribution >= 4 is 22.7 Å². The van der Waals surface area contributed by atoms with Gasteiger partial charge < -0.3 is 9.47 Å². The number of aryl methyl sites for hydroxylation is 1. The summed E-state index contributed by atoms with van der Waals surface area (Å²) < 4.78 is 55.1. The van der Waals surface area contributed by atoms with Gasteiger partial charge in [-0.05, 0) is 68.1 Å². The summed E-state index contributed by atoms with van der Waals surface area (Å²) in [5.74, 6) is 1.70. The van der Waals surface area contributed by atoms with E-state index in [-0.39, 0.29) is 11.2 Å². The molecule has 0 bridgehead atoms. The predicted octanol–water partition coefficient (Wildman–Crippen LogP) is 6.25. The number of aromatic nitrogens is 4. The smallest absolute Gasteiger partial charge is 0.305 e. The fourth-order valence-electron chi connectivity index (χ4n) is 5.80. The fourth-order valence-corrected chi connectivity index (χ4v) is 6.63. The molecule has 2 atom stereocenters. The first-order valence-electron chi connectivity index (χ1n) is 12.6. The number of piperidine rings is 1. The molecule has 1 aliphatic carbocycles. The Morgan fingerprint density at radius 1 is 1.05 bits per heavy atom. The molecule has 0 radical (unpaired) electrons. The Kier molecular flexibility index (Phi) is 6.22. The lowest BCUT2D eigenvalue weighted by Crippen LogP contribution is -2.28. The molecule has 1 saturated carbocycles. The van der Waals surface area contributed by atoms with Crippen LogP contribution in [0.15, 0.2) is 53.7 Å². The molecule has 38 heavy (non-hydrogen) atoms. The van der Waals surface area contributed by atoms with Crippen LogP contribution in [-0.4, -0.2) is 50.0 Å². The highest BCUT2D eigenvalue weighted by atomic mass is 32.2. The molecular weight excluding hydrogens is 514 g/mol. The maximum atomic E-state index is 14.4. The Balaban J connectivity index is 1.06. The van der Waals surface area contributed by atoms with Crippen LogP contribution in [0.2, 0.25) is 0 Å². The first-order valence-corrected chi connectivity index (χ1v) is 13.6. The highest BCUT2D eigenvalue weighted by Crippen LogP contribution is 2.59. The molecule has 0 spiro atoms. The van der Waals surface area contributed by atoms with Crippen molar-refractivity contribution in [2.75, 3.05) is 25.4 Å². The number of thioether (sulfide) groups is 1. The zero-order chi connectivity index (χ0) is 26.7. The van der Waals surface area contributed by atoms with E-state index in [2.05, 4.69) is 20.1 Å². The SMILES string of the molecule is Cc1ccc2c(-c3nnc(SCCCN4CC5C[C@]5(c5ccc(C(F)(F)F)cc5)C4)n3C)ccc(F)c2n1. The van der Waals surface area contributed by atoms with Crippen molar-refractivity contribution in [3.63, 3.8) is 0 Å². The highest BCUT2D eigenvalue weighted by molar-refractivity contribution is 7.99. The van der Waals surface area contributed by atoms with Gasteiger partial charge in [0, 0.05) is 47.9 Å². The lowest BCUT2D eigenvalue weighted by Gasteiger charge is -2.21. The van der Waals surface area contributed by atoms with Crippen molar-refractivity contribution in [3.05, 3.63) is 71.2 Å². The Bertz CT molecular complexity index is 1500. The normalized spacial score (nSPS) is 21.3. The van der Waals surface area contributed by atoms with Crippen molar-refractivity contribution in [2.24, 2.45) is 13.0 Å². The second-order valence-corrected chi connectivity index (χ2v) is 11.4. The lowest BCUT2D eigenvalue weighted by atomic mass is 9.94. The number of hydrogen-bond donors (Lipinski definition) is 0. The van der Waals surface area contributed by atoms with Crippen molar-refractivity contribution in [2.45, 2.75) is 36.5 Å². The average Bonchev–Trinajstić information content (AvgIpc) is 3.27. The molecule has 0 N–H and O–H groups in total. The number of pyridine rings is 1. The quantitative estimate of drug-likeness (QED) is 0.157. The summed E-state index contributed by atoms with van der Waals surface area (Å²) in [7, 11) is 1.91. The van der Waals surface area contributed by atoms with Crippen LogP contribution in [0.5, 0.6) is 0 Å². The minimum absolute atomic E-state index is 0.0150. The Hall–Kier alpha value is -2.98. The summed E-state index contributed by atoms with van der Waals surface area (Å²) in [6, 6.07) is 12.6. The second kappa shape index (κ2) is 9.34. The molecule has 1 aliphatic heterocycles. The molecule has 1 unspecified atom stereocenters. The van der Waals surface area contributed by atoms with E-state index >= 15 is 0 Å². The van der Waals surface area contributed by atoms with Gasteiger partial charge in [0.1, 0.15) is 11.3 Å². The van der Waals surface area contributed by atoms with Gasteiger partial charge in [-0.3, -0.25) is 4.98 Å². The van der Waals surface area contributed by atoms with Crippen LogP contribution in [-0.2, 0) is 18.6 Å². The number of halogens is 4. The predicted molar refractivity (Wildman–Crippen MR) is 139 cm³/mol. The summed E-state index contributed by atoms with van der Waals surface area (Å²) in [6.07, 6.45) is -2.28. The van der Waals surface area contributed by atoms with Crippen molar-refractivity contribution in [3.8, 4) is 11.4 Å². The number of nitrogens with zero attached hydrogens (tertiary/aromatic N) is 5. The van der Waals surface area contributed by atoms with Gasteiger partial charge in [0.25, 0.3) is 0 Å². The largest absolute Gasteiger partial charge is 0.416 e. The maximum absolute atomic E-state index is 14.4. The average molecular weight is 542 g/mol. The van der Waals surface area contributed by atoms with E-state index < -0.39 is 11.7 Å². The molecule has 2 aromatic carbocycles. The summed E-state index contributed by atoms with van der Waals surface area (Å²) in [6.45, 7) is 4.66. The highest BCUT2D eigenvalue weighted by Gasteiger charge is 2.60. The number of alkyl halides is 3. The van der Waals surface area contributed by atoms with E-state index in [9.17, 15) is 17.6 Å². The van der Waals surface area contributed by atoms with E-state index in [1.54, 1.807) is 30.0 Å². The summed E-state index contributed by atoms with van der Waals surface area (Å²) >= 11 is 1.63. The third kappa shape index (κ3) is 4.47. The third-order valence-electron chi connectivity index (χ3n) is 7.88. The van der Waals surface area contributed by atoms with Gasteiger partial charge in [0.2, 0.25) is 0 Å². The van der Waals surface area contributed by atoms with Crippen molar-refractivity contribution < 1.29 is 17.6 Å². The molecule has 4 aromatic rings. The molecule has 2 fully saturated rings. The van der Waals surface area contributed by atoms with E-state index in [0.717, 1.165) is 60.2 Å². The minimum Gasteiger partial charge on any atom is -0.305 e. The number of rotatable bonds is 7. The zero-order valence-corrected chi connectivity index (χ0v) is 21.9. The van der Waals surface area contributed by atoms with Gasteiger partial charge >= 0.3 is 6.18 Å². The molecule has 1 saturated heterocycles. The van der Waals surface area contributed by atoms with Gasteiger partial charge in [0.05, 0.1) is 5.56 Å². The van der Waals surface area contributed by atoms with Crippen molar-refractivity contribution in [1.29, 1.82) is 0 Å². The first kappa shape index (κ1) is 25.3. The van der Waals surface area contributed by atoms with Gasteiger partial charge in [-0.25, -0.2) is 4.39 Å². The standard InChI is InChI=1S/C28H27F4N5S/c1-17-4-9-21-22(10-11-23(29)24(21)33-17)25-34-35-26(36(25)2)38-13-3-12-37-15-20-14-27(20,16-37)18-5-7-19(8-6-18)28(30,31)32/h4-11,20H,3,12-16H2,1-2H3/t20?,27-/m1/s1. The molecule has 6 rings (SSSR count). The lowest BCUT2D eigenvalue weighted by molar-refractivity contribution is -0.137. The van der Waals surface area contributed by atoms with Crippen LogP contribution < -0.4 is 0 Å². The van der Waals surface area contributed by atoms with E-state index in [4.69, 9.17) is 0 Å². The molecular formula is C28H27F4N5S. The van der Waals surface area contributed by atoms with Crippen LogP contribution in [0, 0.1) is 18.7 Å². The number of benzene rings is 2.